The summed E-state index contributed by atoms with van der Waals surface area (Å²) in [6.07, 6.45) is 6.93. The minimum atomic E-state index is 0.355. The number of hydrogen-bond donors (Lipinski definition) is 1. The van der Waals surface area contributed by atoms with Crippen molar-refractivity contribution in [3.05, 3.63) is 12.2 Å². The Hall–Kier alpha value is -0.300. The van der Waals surface area contributed by atoms with Crippen LogP contribution in [0.5, 0.6) is 0 Å². The highest BCUT2D eigenvalue weighted by Crippen LogP contribution is 2.18. The minimum absolute atomic E-state index is 0.355. The molecule has 46 valence electrons. The van der Waals surface area contributed by atoms with E-state index in [1.54, 1.807) is 0 Å². The van der Waals surface area contributed by atoms with Crippen molar-refractivity contribution < 1.29 is 0 Å². The summed E-state index contributed by atoms with van der Waals surface area (Å²) in [5.41, 5.74) is 5.65. The summed E-state index contributed by atoms with van der Waals surface area (Å²) < 4.78 is 0. The summed E-state index contributed by atoms with van der Waals surface area (Å²) in [5, 5.41) is 0. The van der Waals surface area contributed by atoms with E-state index in [0.717, 1.165) is 0 Å². The molecule has 0 aromatic heterocycles. The smallest absolute Gasteiger partial charge is 0.00734 e. The molecule has 0 aromatic carbocycles. The molecule has 0 heterocycles. The molecule has 2 N–H and O–H groups in total. The van der Waals surface area contributed by atoms with Gasteiger partial charge < -0.3 is 5.73 Å². The van der Waals surface area contributed by atoms with Gasteiger partial charge in [-0.3, -0.25) is 0 Å². The first-order valence-electron chi connectivity index (χ1n) is 3.23. The fraction of sp³-hybridized carbons (Fsp3) is 0.714. The van der Waals surface area contributed by atoms with Gasteiger partial charge in [0, 0.05) is 6.04 Å². The maximum absolute atomic E-state index is 5.65. The van der Waals surface area contributed by atoms with Crippen molar-refractivity contribution in [3.8, 4) is 0 Å². The lowest BCUT2D eigenvalue weighted by Crippen LogP contribution is -2.23. The highest BCUT2D eigenvalue weighted by Gasteiger charge is 2.12. The van der Waals surface area contributed by atoms with Crippen LogP contribution in [0.2, 0.25) is 0 Å². The van der Waals surface area contributed by atoms with E-state index in [9.17, 15) is 0 Å². The van der Waals surface area contributed by atoms with Crippen molar-refractivity contribution in [2.24, 2.45) is 11.7 Å². The average Bonchev–Trinajstić information content (AvgIpc) is 2.12. The van der Waals surface area contributed by atoms with Gasteiger partial charge in [0.2, 0.25) is 0 Å². The van der Waals surface area contributed by atoms with Gasteiger partial charge in [-0.25, -0.2) is 0 Å². The van der Waals surface area contributed by atoms with Gasteiger partial charge in [-0.15, -0.1) is 0 Å². The number of hydrogen-bond acceptors (Lipinski definition) is 1. The van der Waals surface area contributed by atoms with Gasteiger partial charge in [0.15, 0.2) is 0 Å². The highest BCUT2D eigenvalue weighted by atomic mass is 14.6. The van der Waals surface area contributed by atoms with Gasteiger partial charge in [0.05, 0.1) is 0 Å². The summed E-state index contributed by atoms with van der Waals surface area (Å²) in [4.78, 5) is 0. The lowest BCUT2D eigenvalue weighted by molar-refractivity contribution is 0.526. The molecule has 0 radical (unpaired) electrons. The van der Waals surface area contributed by atoms with E-state index in [0.29, 0.717) is 12.0 Å². The molecule has 2 unspecified atom stereocenters. The molecule has 0 amide bonds. The molecule has 0 aromatic rings. The Labute approximate surface area is 50.6 Å². The van der Waals surface area contributed by atoms with Gasteiger partial charge in [-0.05, 0) is 25.7 Å². The Morgan fingerprint density at radius 2 is 2.50 bits per heavy atom. The van der Waals surface area contributed by atoms with Gasteiger partial charge in [0.25, 0.3) is 0 Å². The van der Waals surface area contributed by atoms with E-state index in [-0.39, 0.29) is 0 Å². The first-order chi connectivity index (χ1) is 3.80. The zero-order chi connectivity index (χ0) is 5.98. The van der Waals surface area contributed by atoms with Crippen LogP contribution in [0.25, 0.3) is 0 Å². The topological polar surface area (TPSA) is 26.0 Å². The third-order valence-corrected chi connectivity index (χ3v) is 1.73. The van der Waals surface area contributed by atoms with Crippen molar-refractivity contribution >= 4 is 0 Å². The largest absolute Gasteiger partial charge is 0.327 e. The van der Waals surface area contributed by atoms with Crippen LogP contribution in [0.1, 0.15) is 19.8 Å². The second-order valence-electron chi connectivity index (χ2n) is 2.53. The lowest BCUT2D eigenvalue weighted by atomic mass is 10.0. The summed E-state index contributed by atoms with van der Waals surface area (Å²) in [6.45, 7) is 2.07. The first-order valence-corrected chi connectivity index (χ1v) is 3.23. The lowest BCUT2D eigenvalue weighted by Gasteiger charge is -2.10. The van der Waals surface area contributed by atoms with E-state index < -0.39 is 0 Å². The molecule has 8 heavy (non-hydrogen) atoms. The Bertz CT molecular complexity index is 94.6. The molecule has 1 rings (SSSR count). The number of nitrogens with two attached hydrogens (primary N) is 1. The van der Waals surface area contributed by atoms with E-state index in [1.165, 1.54) is 12.8 Å². The van der Waals surface area contributed by atoms with Crippen molar-refractivity contribution in [1.29, 1.82) is 0 Å². The van der Waals surface area contributed by atoms with Gasteiger partial charge in [-0.2, -0.15) is 0 Å². The fourth-order valence-corrected chi connectivity index (χ4v) is 1.09. The average molecular weight is 111 g/mol. The molecule has 0 bridgehead atoms. The Balaban J connectivity index is 2.36. The molecule has 0 saturated carbocycles. The molecular formula is C7H13N. The van der Waals surface area contributed by atoms with Crippen LogP contribution < -0.4 is 5.73 Å². The van der Waals surface area contributed by atoms with E-state index >= 15 is 0 Å². The minimum Gasteiger partial charge on any atom is -0.327 e. The summed E-state index contributed by atoms with van der Waals surface area (Å²) >= 11 is 0. The summed E-state index contributed by atoms with van der Waals surface area (Å²) in [6, 6.07) is 0.355. The molecule has 1 aliphatic carbocycles. The van der Waals surface area contributed by atoms with E-state index in [4.69, 9.17) is 5.73 Å². The molecule has 0 spiro atoms. The van der Waals surface area contributed by atoms with Gasteiger partial charge in [-0.1, -0.05) is 12.2 Å². The predicted octanol–water partition coefficient (Wildman–Crippen LogP) is 1.30. The molecule has 1 heteroatoms. The third-order valence-electron chi connectivity index (χ3n) is 1.73. The monoisotopic (exact) mass is 111 g/mol. The molecule has 0 fully saturated rings. The van der Waals surface area contributed by atoms with Crippen LogP contribution in [0.3, 0.4) is 0 Å². The highest BCUT2D eigenvalue weighted by molar-refractivity contribution is 4.98. The molecule has 2 atom stereocenters. The van der Waals surface area contributed by atoms with Crippen LogP contribution in [0.4, 0.5) is 0 Å². The standard InChI is InChI=1S/C7H13N/c1-6(8)7-4-2-3-5-7/h2,4,6-7H,3,5,8H2,1H3. The molecule has 1 nitrogen and oxygen atoms in total. The SMILES string of the molecule is CC(N)C1C=CCC1. The third kappa shape index (κ3) is 1.10. The van der Waals surface area contributed by atoms with Gasteiger partial charge >= 0.3 is 0 Å². The van der Waals surface area contributed by atoms with Crippen LogP contribution >= 0.6 is 0 Å². The van der Waals surface area contributed by atoms with Crippen LogP contribution in [-0.4, -0.2) is 6.04 Å². The Morgan fingerprint density at radius 3 is 2.75 bits per heavy atom. The molecule has 0 saturated heterocycles. The summed E-state index contributed by atoms with van der Waals surface area (Å²) in [5.74, 6) is 0.662. The quantitative estimate of drug-likeness (QED) is 0.507. The second-order valence-corrected chi connectivity index (χ2v) is 2.53. The van der Waals surface area contributed by atoms with Gasteiger partial charge in [0.1, 0.15) is 0 Å². The van der Waals surface area contributed by atoms with Crippen molar-refractivity contribution in [2.75, 3.05) is 0 Å². The van der Waals surface area contributed by atoms with Crippen molar-refractivity contribution in [2.45, 2.75) is 25.8 Å². The normalized spacial score (nSPS) is 31.0. The maximum Gasteiger partial charge on any atom is 0.00734 e. The summed E-state index contributed by atoms with van der Waals surface area (Å²) in [7, 11) is 0. The van der Waals surface area contributed by atoms with Crippen molar-refractivity contribution in [1.82, 2.24) is 0 Å². The molecule has 1 aliphatic rings. The van der Waals surface area contributed by atoms with Crippen molar-refractivity contribution in [3.63, 3.8) is 0 Å². The van der Waals surface area contributed by atoms with Crippen LogP contribution in [0, 0.1) is 5.92 Å². The van der Waals surface area contributed by atoms with E-state index in [1.807, 2.05) is 0 Å². The first kappa shape index (κ1) is 5.83. The maximum atomic E-state index is 5.65. The zero-order valence-electron chi connectivity index (χ0n) is 5.30. The number of allylic oxidation sites excluding steroid dienone is 1. The second kappa shape index (κ2) is 2.31. The number of rotatable bonds is 1. The Kier molecular flexibility index (Phi) is 1.69. The predicted molar refractivity (Wildman–Crippen MR) is 35.5 cm³/mol. The van der Waals surface area contributed by atoms with Crippen LogP contribution in [-0.2, 0) is 0 Å². The van der Waals surface area contributed by atoms with Crippen LogP contribution in [0.15, 0.2) is 12.2 Å². The molecular weight excluding hydrogens is 98.1 g/mol. The fourth-order valence-electron chi connectivity index (χ4n) is 1.09. The van der Waals surface area contributed by atoms with E-state index in [2.05, 4.69) is 19.1 Å². The zero-order valence-corrected chi connectivity index (χ0v) is 5.30. The Morgan fingerprint density at radius 1 is 1.75 bits per heavy atom. The molecule has 0 aliphatic heterocycles.